The summed E-state index contributed by atoms with van der Waals surface area (Å²) in [4.78, 5) is 15.0. The van der Waals surface area contributed by atoms with E-state index >= 15 is 0 Å². The van der Waals surface area contributed by atoms with Crippen LogP contribution in [0.3, 0.4) is 0 Å². The quantitative estimate of drug-likeness (QED) is 0.898. The van der Waals surface area contributed by atoms with Crippen molar-refractivity contribution in [1.29, 1.82) is 0 Å². The number of likely N-dealkylation sites (tertiary alicyclic amines) is 1. The number of hydrogen-bond acceptors (Lipinski definition) is 4. The van der Waals surface area contributed by atoms with Gasteiger partial charge in [0.15, 0.2) is 0 Å². The van der Waals surface area contributed by atoms with Gasteiger partial charge in [0.05, 0.1) is 10.6 Å². The van der Waals surface area contributed by atoms with Crippen LogP contribution in [0.15, 0.2) is 11.4 Å². The summed E-state index contributed by atoms with van der Waals surface area (Å²) < 4.78 is 5.40. The van der Waals surface area contributed by atoms with E-state index in [-0.39, 0.29) is 17.7 Å². The number of carbonyl (C=O) groups excluding carboxylic acids is 1. The Kier molecular flexibility index (Phi) is 4.78. The molecule has 2 unspecified atom stereocenters. The number of piperidine rings is 1. The molecule has 2 aliphatic heterocycles. The van der Waals surface area contributed by atoms with E-state index in [1.54, 1.807) is 6.07 Å². The molecule has 1 aromatic heterocycles. The van der Waals surface area contributed by atoms with Gasteiger partial charge in [0, 0.05) is 32.2 Å². The van der Waals surface area contributed by atoms with Crippen LogP contribution in [0.2, 0.25) is 5.02 Å². The lowest BCUT2D eigenvalue weighted by atomic mass is 9.70. The third-order valence-corrected chi connectivity index (χ3v) is 6.49. The fourth-order valence-corrected chi connectivity index (χ4v) is 4.82. The highest BCUT2D eigenvalue weighted by Gasteiger charge is 2.46. The van der Waals surface area contributed by atoms with Gasteiger partial charge in [0.1, 0.15) is 4.88 Å². The van der Waals surface area contributed by atoms with Crippen LogP contribution >= 0.6 is 22.9 Å². The third-order valence-electron chi connectivity index (χ3n) is 5.16. The topological polar surface area (TPSA) is 49.8 Å². The van der Waals surface area contributed by atoms with Crippen molar-refractivity contribution in [2.75, 3.05) is 26.3 Å². The zero-order chi connectivity index (χ0) is 15.7. The second kappa shape index (κ2) is 6.48. The van der Waals surface area contributed by atoms with Gasteiger partial charge in [0.2, 0.25) is 0 Å². The number of thiophene rings is 1. The molecule has 0 aliphatic carbocycles. The minimum atomic E-state index is -0.681. The van der Waals surface area contributed by atoms with Crippen molar-refractivity contribution in [1.82, 2.24) is 4.90 Å². The van der Waals surface area contributed by atoms with Gasteiger partial charge in [-0.3, -0.25) is 4.79 Å². The average molecular weight is 344 g/mol. The molecule has 1 aromatic rings. The van der Waals surface area contributed by atoms with Gasteiger partial charge >= 0.3 is 0 Å². The molecule has 2 saturated heterocycles. The van der Waals surface area contributed by atoms with Crippen LogP contribution in [0, 0.1) is 11.8 Å². The SMILES string of the molecule is CC1CN(C(=O)c2sccc2Cl)CCC1(O)C1CCOCC1. The molecule has 0 aromatic carbocycles. The molecule has 0 bridgehead atoms. The molecule has 1 N–H and O–H groups in total. The number of ether oxygens (including phenoxy) is 1. The lowest BCUT2D eigenvalue weighted by molar-refractivity contribution is -0.125. The van der Waals surface area contributed by atoms with Gasteiger partial charge in [-0.05, 0) is 36.6 Å². The van der Waals surface area contributed by atoms with Crippen LogP contribution in [0.4, 0.5) is 0 Å². The largest absolute Gasteiger partial charge is 0.389 e. The van der Waals surface area contributed by atoms with Crippen LogP contribution in [-0.4, -0.2) is 47.8 Å². The number of rotatable bonds is 2. The Labute approximate surface area is 140 Å². The molecule has 1 amide bonds. The van der Waals surface area contributed by atoms with E-state index in [0.717, 1.165) is 26.1 Å². The van der Waals surface area contributed by atoms with Gasteiger partial charge in [0.25, 0.3) is 5.91 Å². The first-order valence-electron chi connectivity index (χ1n) is 7.84. The number of aliphatic hydroxyl groups is 1. The van der Waals surface area contributed by atoms with Gasteiger partial charge in [-0.15, -0.1) is 11.3 Å². The Bertz CT molecular complexity index is 543. The van der Waals surface area contributed by atoms with E-state index < -0.39 is 5.60 Å². The van der Waals surface area contributed by atoms with E-state index in [9.17, 15) is 9.90 Å². The molecule has 2 fully saturated rings. The lowest BCUT2D eigenvalue weighted by Crippen LogP contribution is -2.56. The number of nitrogens with zero attached hydrogens (tertiary/aromatic N) is 1. The maximum absolute atomic E-state index is 12.6. The van der Waals surface area contributed by atoms with Gasteiger partial charge in [-0.25, -0.2) is 0 Å². The molecule has 4 nitrogen and oxygen atoms in total. The summed E-state index contributed by atoms with van der Waals surface area (Å²) in [7, 11) is 0. The highest BCUT2D eigenvalue weighted by Crippen LogP contribution is 2.40. The van der Waals surface area contributed by atoms with E-state index in [2.05, 4.69) is 0 Å². The Hall–Kier alpha value is -0.620. The molecule has 0 spiro atoms. The molecule has 0 radical (unpaired) electrons. The van der Waals surface area contributed by atoms with Crippen molar-refractivity contribution in [2.45, 2.75) is 31.8 Å². The first-order valence-corrected chi connectivity index (χ1v) is 9.10. The second-order valence-electron chi connectivity index (χ2n) is 6.38. The molecule has 3 heterocycles. The maximum atomic E-state index is 12.6. The monoisotopic (exact) mass is 343 g/mol. The molecule has 2 atom stereocenters. The minimum absolute atomic E-state index is 0.0131. The fraction of sp³-hybridized carbons (Fsp3) is 0.688. The average Bonchev–Trinajstić information content (AvgIpc) is 2.96. The van der Waals surface area contributed by atoms with E-state index in [1.165, 1.54) is 11.3 Å². The van der Waals surface area contributed by atoms with Gasteiger partial charge < -0.3 is 14.7 Å². The van der Waals surface area contributed by atoms with Gasteiger partial charge in [-0.2, -0.15) is 0 Å². The Balaban J connectivity index is 1.69. The Morgan fingerprint density at radius 1 is 1.50 bits per heavy atom. The number of carbonyl (C=O) groups is 1. The summed E-state index contributed by atoms with van der Waals surface area (Å²) in [6.07, 6.45) is 2.45. The second-order valence-corrected chi connectivity index (χ2v) is 7.70. The maximum Gasteiger partial charge on any atom is 0.265 e. The molecule has 22 heavy (non-hydrogen) atoms. The molecule has 6 heteroatoms. The number of hydrogen-bond donors (Lipinski definition) is 1. The number of halogens is 1. The van der Waals surface area contributed by atoms with Crippen LogP contribution in [0.1, 0.15) is 35.9 Å². The molecule has 3 rings (SSSR count). The highest BCUT2D eigenvalue weighted by molar-refractivity contribution is 7.12. The van der Waals surface area contributed by atoms with Crippen LogP contribution in [-0.2, 0) is 4.74 Å². The first-order chi connectivity index (χ1) is 10.5. The van der Waals surface area contributed by atoms with Crippen molar-refractivity contribution in [3.8, 4) is 0 Å². The van der Waals surface area contributed by atoms with Crippen molar-refractivity contribution < 1.29 is 14.6 Å². The molecule has 0 saturated carbocycles. The minimum Gasteiger partial charge on any atom is -0.389 e. The Morgan fingerprint density at radius 3 is 2.82 bits per heavy atom. The number of amides is 1. The van der Waals surface area contributed by atoms with E-state index in [1.807, 2.05) is 17.2 Å². The zero-order valence-electron chi connectivity index (χ0n) is 12.8. The Morgan fingerprint density at radius 2 is 2.23 bits per heavy atom. The normalized spacial score (nSPS) is 30.5. The molecule has 2 aliphatic rings. The molecular formula is C16H22ClNO3S. The summed E-state index contributed by atoms with van der Waals surface area (Å²) in [5, 5.41) is 13.5. The van der Waals surface area contributed by atoms with Crippen molar-refractivity contribution >= 4 is 28.8 Å². The first kappa shape index (κ1) is 16.2. The van der Waals surface area contributed by atoms with Crippen molar-refractivity contribution in [3.05, 3.63) is 21.3 Å². The fourth-order valence-electron chi connectivity index (χ4n) is 3.72. The lowest BCUT2D eigenvalue weighted by Gasteiger charge is -2.48. The summed E-state index contributed by atoms with van der Waals surface area (Å²) in [5.41, 5.74) is -0.681. The van der Waals surface area contributed by atoms with E-state index in [0.29, 0.717) is 29.4 Å². The highest BCUT2D eigenvalue weighted by atomic mass is 35.5. The smallest absolute Gasteiger partial charge is 0.265 e. The van der Waals surface area contributed by atoms with Crippen LogP contribution < -0.4 is 0 Å². The van der Waals surface area contributed by atoms with Crippen molar-refractivity contribution in [3.63, 3.8) is 0 Å². The van der Waals surface area contributed by atoms with Crippen LogP contribution in [0.25, 0.3) is 0 Å². The summed E-state index contributed by atoms with van der Waals surface area (Å²) >= 11 is 7.45. The summed E-state index contributed by atoms with van der Waals surface area (Å²) in [6, 6.07) is 1.76. The van der Waals surface area contributed by atoms with Crippen molar-refractivity contribution in [2.24, 2.45) is 11.8 Å². The van der Waals surface area contributed by atoms with E-state index in [4.69, 9.17) is 16.3 Å². The summed E-state index contributed by atoms with van der Waals surface area (Å²) in [5.74, 6) is 0.326. The zero-order valence-corrected chi connectivity index (χ0v) is 14.3. The standard InChI is InChI=1S/C16H22ClNO3S/c1-11-10-18(15(19)14-13(17)4-9-22-14)6-5-16(11,20)12-2-7-21-8-3-12/h4,9,11-12,20H,2-3,5-8,10H2,1H3. The third kappa shape index (κ3) is 2.92. The molecule has 122 valence electrons. The molecular weight excluding hydrogens is 322 g/mol. The van der Waals surface area contributed by atoms with Crippen LogP contribution in [0.5, 0.6) is 0 Å². The summed E-state index contributed by atoms with van der Waals surface area (Å²) in [6.45, 7) is 4.68. The predicted molar refractivity (Wildman–Crippen MR) is 87.5 cm³/mol. The predicted octanol–water partition coefficient (Wildman–Crippen LogP) is 3.04. The van der Waals surface area contributed by atoms with Gasteiger partial charge in [-0.1, -0.05) is 18.5 Å².